The average molecular weight is 417 g/mol. The molecule has 29 heavy (non-hydrogen) atoms. The van der Waals surface area contributed by atoms with Crippen LogP contribution in [0.15, 0.2) is 24.3 Å². The summed E-state index contributed by atoms with van der Waals surface area (Å²) in [6.45, 7) is 6.19. The number of rotatable bonds is 6. The summed E-state index contributed by atoms with van der Waals surface area (Å²) in [5.74, 6) is 0.211. The molecule has 1 fully saturated rings. The highest BCUT2D eigenvalue weighted by Gasteiger charge is 2.26. The van der Waals surface area contributed by atoms with Gasteiger partial charge in [-0.15, -0.1) is 0 Å². The van der Waals surface area contributed by atoms with Crippen LogP contribution >= 0.6 is 11.6 Å². The Hall–Kier alpha value is -2.65. The van der Waals surface area contributed by atoms with Crippen LogP contribution in [0.25, 0.3) is 11.1 Å². The van der Waals surface area contributed by atoms with Gasteiger partial charge in [-0.3, -0.25) is 4.79 Å². The Labute approximate surface area is 176 Å². The Morgan fingerprint density at radius 2 is 2.03 bits per heavy atom. The van der Waals surface area contributed by atoms with Gasteiger partial charge in [-0.25, -0.2) is 9.37 Å². The Bertz CT molecular complexity index is 920. The van der Waals surface area contributed by atoms with Crippen LogP contribution in [-0.2, 0) is 4.79 Å². The molecule has 1 aliphatic carbocycles. The standard InChI is InChI=1S/C21H23ClFN3.CH3NO/c1-13-8-17(23)19(25-7-6-21(2,3)12-24)11-16(13)15-9-18(14-4-5-14)26-20(22)10-15;2-1-3/h8-11,14,25H,4-7H2,1-3H3;1H,(H2,2,3). The average Bonchev–Trinajstić information content (AvgIpc) is 3.49. The van der Waals surface area contributed by atoms with E-state index < -0.39 is 5.41 Å². The van der Waals surface area contributed by atoms with E-state index in [2.05, 4.69) is 28.2 Å². The maximum atomic E-state index is 14.4. The van der Waals surface area contributed by atoms with E-state index in [1.54, 1.807) is 0 Å². The van der Waals surface area contributed by atoms with Gasteiger partial charge in [-0.2, -0.15) is 5.26 Å². The summed E-state index contributed by atoms with van der Waals surface area (Å²) in [6.07, 6.45) is 3.19. The van der Waals surface area contributed by atoms with Crippen molar-refractivity contribution in [3.8, 4) is 17.2 Å². The quantitative estimate of drug-likeness (QED) is 0.501. The lowest BCUT2D eigenvalue weighted by atomic mass is 9.91. The van der Waals surface area contributed by atoms with Crippen molar-refractivity contribution in [2.45, 2.75) is 46.0 Å². The van der Waals surface area contributed by atoms with E-state index in [4.69, 9.17) is 21.7 Å². The number of primary amides is 1. The molecule has 0 bridgehead atoms. The van der Waals surface area contributed by atoms with Crippen LogP contribution in [0, 0.1) is 29.5 Å². The SMILES string of the molecule is Cc1cc(F)c(NCCC(C)(C)C#N)cc1-c1cc(Cl)nc(C2CC2)c1.NC=O. The van der Waals surface area contributed by atoms with Crippen LogP contribution in [0.3, 0.4) is 0 Å². The lowest BCUT2D eigenvalue weighted by Gasteiger charge is -2.17. The van der Waals surface area contributed by atoms with Crippen LogP contribution in [0.4, 0.5) is 10.1 Å². The molecule has 3 rings (SSSR count). The number of nitrogens with one attached hydrogen (secondary N) is 1. The molecule has 0 aliphatic heterocycles. The van der Waals surface area contributed by atoms with E-state index in [-0.39, 0.29) is 12.2 Å². The third kappa shape index (κ3) is 6.43. The fraction of sp³-hybridized carbons (Fsp3) is 0.409. The molecular weight excluding hydrogens is 391 g/mol. The van der Waals surface area contributed by atoms with E-state index >= 15 is 0 Å². The number of aryl methyl sites for hydroxylation is 1. The Morgan fingerprint density at radius 3 is 2.62 bits per heavy atom. The van der Waals surface area contributed by atoms with Gasteiger partial charge in [0.25, 0.3) is 0 Å². The predicted molar refractivity (Wildman–Crippen MR) is 114 cm³/mol. The number of aromatic nitrogens is 1. The van der Waals surface area contributed by atoms with E-state index in [1.165, 1.54) is 6.07 Å². The number of halogens is 2. The number of pyridine rings is 1. The Morgan fingerprint density at radius 1 is 1.38 bits per heavy atom. The van der Waals surface area contributed by atoms with Crippen LogP contribution < -0.4 is 11.1 Å². The number of anilines is 1. The number of hydrogen-bond acceptors (Lipinski definition) is 4. The lowest BCUT2D eigenvalue weighted by Crippen LogP contribution is -2.15. The summed E-state index contributed by atoms with van der Waals surface area (Å²) >= 11 is 6.21. The van der Waals surface area contributed by atoms with Crippen molar-refractivity contribution < 1.29 is 9.18 Å². The molecule has 0 saturated heterocycles. The van der Waals surface area contributed by atoms with Crippen molar-refractivity contribution >= 4 is 23.7 Å². The largest absolute Gasteiger partial charge is 0.383 e. The third-order valence-corrected chi connectivity index (χ3v) is 5.00. The number of hydrogen-bond donors (Lipinski definition) is 2. The molecule has 5 nitrogen and oxygen atoms in total. The van der Waals surface area contributed by atoms with Crippen LogP contribution in [0.1, 0.15) is 50.3 Å². The molecule has 0 atom stereocenters. The van der Waals surface area contributed by atoms with Crippen molar-refractivity contribution in [3.05, 3.63) is 46.5 Å². The van der Waals surface area contributed by atoms with Gasteiger partial charge >= 0.3 is 0 Å². The highest BCUT2D eigenvalue weighted by Crippen LogP contribution is 2.41. The van der Waals surface area contributed by atoms with Crippen molar-refractivity contribution in [2.75, 3.05) is 11.9 Å². The second-order valence-corrected chi connectivity index (χ2v) is 8.22. The first-order valence-corrected chi connectivity index (χ1v) is 9.87. The fourth-order valence-electron chi connectivity index (χ4n) is 2.95. The minimum atomic E-state index is -0.436. The van der Waals surface area contributed by atoms with Gasteiger partial charge in [0.1, 0.15) is 11.0 Å². The molecule has 3 N–H and O–H groups in total. The van der Waals surface area contributed by atoms with E-state index in [1.807, 2.05) is 32.9 Å². The number of nitrogens with two attached hydrogens (primary N) is 1. The van der Waals surface area contributed by atoms with E-state index in [0.29, 0.717) is 29.7 Å². The maximum Gasteiger partial charge on any atom is 0.204 e. The lowest BCUT2D eigenvalue weighted by molar-refractivity contribution is -0.106. The topological polar surface area (TPSA) is 91.8 Å². The molecule has 1 aromatic heterocycles. The number of benzene rings is 1. The van der Waals surface area contributed by atoms with Gasteiger partial charge < -0.3 is 11.1 Å². The van der Waals surface area contributed by atoms with Crippen molar-refractivity contribution in [2.24, 2.45) is 11.1 Å². The molecule has 1 aliphatic rings. The second-order valence-electron chi connectivity index (χ2n) is 7.83. The van der Waals surface area contributed by atoms with Crippen molar-refractivity contribution in [1.29, 1.82) is 5.26 Å². The zero-order chi connectivity index (χ0) is 21.6. The summed E-state index contributed by atoms with van der Waals surface area (Å²) in [5, 5.41) is 12.7. The highest BCUT2D eigenvalue weighted by atomic mass is 35.5. The number of amides is 1. The second kappa shape index (κ2) is 9.71. The zero-order valence-electron chi connectivity index (χ0n) is 16.9. The van der Waals surface area contributed by atoms with Gasteiger partial charge in [0.15, 0.2) is 0 Å². The number of nitriles is 1. The molecule has 154 valence electrons. The predicted octanol–water partition coefficient (Wildman–Crippen LogP) is 5.18. The molecule has 0 spiro atoms. The normalized spacial score (nSPS) is 13.1. The maximum absolute atomic E-state index is 14.4. The van der Waals surface area contributed by atoms with Gasteiger partial charge in [-0.1, -0.05) is 11.6 Å². The summed E-state index contributed by atoms with van der Waals surface area (Å²) in [6, 6.07) is 9.52. The van der Waals surface area contributed by atoms with Crippen LogP contribution in [0.2, 0.25) is 5.15 Å². The minimum Gasteiger partial charge on any atom is -0.383 e. The van der Waals surface area contributed by atoms with Crippen molar-refractivity contribution in [1.82, 2.24) is 4.98 Å². The van der Waals surface area contributed by atoms with Gasteiger partial charge in [-0.05, 0) is 81.0 Å². The molecule has 0 radical (unpaired) electrons. The molecule has 2 aromatic rings. The third-order valence-electron chi connectivity index (χ3n) is 4.80. The van der Waals surface area contributed by atoms with Gasteiger partial charge in [0.2, 0.25) is 6.41 Å². The van der Waals surface area contributed by atoms with Gasteiger partial charge in [0, 0.05) is 18.2 Å². The molecule has 1 aromatic carbocycles. The number of carbonyl (C=O) groups is 1. The Balaban J connectivity index is 0.000000941. The van der Waals surface area contributed by atoms with E-state index in [9.17, 15) is 4.39 Å². The van der Waals surface area contributed by atoms with Crippen LogP contribution in [0.5, 0.6) is 0 Å². The summed E-state index contributed by atoms with van der Waals surface area (Å²) in [4.78, 5) is 13.0. The summed E-state index contributed by atoms with van der Waals surface area (Å²) in [5.41, 5.74) is 7.95. The summed E-state index contributed by atoms with van der Waals surface area (Å²) < 4.78 is 14.4. The molecular formula is C22H26ClFN4O. The molecule has 7 heteroatoms. The number of nitrogens with zero attached hydrogens (tertiary/aromatic N) is 2. The van der Waals surface area contributed by atoms with E-state index in [0.717, 1.165) is 35.2 Å². The molecule has 0 unspecified atom stereocenters. The smallest absolute Gasteiger partial charge is 0.204 e. The molecule has 1 heterocycles. The zero-order valence-corrected chi connectivity index (χ0v) is 17.7. The highest BCUT2D eigenvalue weighted by molar-refractivity contribution is 6.29. The first-order chi connectivity index (χ1) is 13.7. The minimum absolute atomic E-state index is 0.250. The van der Waals surface area contributed by atoms with Crippen LogP contribution in [-0.4, -0.2) is 17.9 Å². The first kappa shape index (κ1) is 22.6. The molecule has 1 amide bonds. The first-order valence-electron chi connectivity index (χ1n) is 9.49. The van der Waals surface area contributed by atoms with Gasteiger partial charge in [0.05, 0.1) is 17.2 Å². The number of carbonyl (C=O) groups excluding carboxylic acids is 1. The molecule has 1 saturated carbocycles. The Kier molecular flexibility index (Phi) is 7.58. The monoisotopic (exact) mass is 416 g/mol. The fourth-order valence-corrected chi connectivity index (χ4v) is 3.16. The summed E-state index contributed by atoms with van der Waals surface area (Å²) in [7, 11) is 0. The van der Waals surface area contributed by atoms with Crippen molar-refractivity contribution in [3.63, 3.8) is 0 Å².